The Bertz CT molecular complexity index is 727. The minimum atomic E-state index is -0.960. The van der Waals surface area contributed by atoms with Gasteiger partial charge in [0.05, 0.1) is 0 Å². The molecule has 4 nitrogen and oxygen atoms in total. The van der Waals surface area contributed by atoms with Crippen LogP contribution in [0.4, 0.5) is 0 Å². The molecule has 124 valence electrons. The first-order chi connectivity index (χ1) is 11.7. The van der Waals surface area contributed by atoms with Crippen LogP contribution in [0.1, 0.15) is 35.6 Å². The highest BCUT2D eigenvalue weighted by Gasteiger charge is 2.35. The van der Waals surface area contributed by atoms with Crippen LogP contribution in [0.5, 0.6) is 0 Å². The van der Waals surface area contributed by atoms with Gasteiger partial charge in [0.25, 0.3) is 0 Å². The van der Waals surface area contributed by atoms with Crippen molar-refractivity contribution in [2.75, 3.05) is 6.54 Å². The Kier molecular flexibility index (Phi) is 4.94. The molecule has 0 radical (unpaired) electrons. The van der Waals surface area contributed by atoms with Crippen LogP contribution in [-0.4, -0.2) is 28.4 Å². The second-order valence-electron chi connectivity index (χ2n) is 6.12. The maximum atomic E-state index is 12.6. The Balaban J connectivity index is 1.67. The number of carboxylic acids is 1. The summed E-state index contributed by atoms with van der Waals surface area (Å²) in [4.78, 5) is 25.8. The van der Waals surface area contributed by atoms with Crippen molar-refractivity contribution < 1.29 is 14.7 Å². The molecule has 2 aromatic rings. The maximum absolute atomic E-state index is 12.6. The lowest BCUT2D eigenvalue weighted by molar-refractivity contribution is -0.151. The number of carboxylic acid groups (broad SMARTS) is 1. The van der Waals surface area contributed by atoms with Gasteiger partial charge in [-0.1, -0.05) is 54.6 Å². The molecular formula is C20H21NO3. The normalized spacial score (nSPS) is 16.5. The molecule has 0 bridgehead atoms. The van der Waals surface area contributed by atoms with E-state index in [1.807, 2.05) is 54.6 Å². The third-order valence-corrected chi connectivity index (χ3v) is 4.54. The van der Waals surface area contributed by atoms with E-state index in [1.54, 1.807) is 0 Å². The predicted octanol–water partition coefficient (Wildman–Crippen LogP) is 3.22. The van der Waals surface area contributed by atoms with Gasteiger partial charge in [-0.2, -0.15) is 0 Å². The highest BCUT2D eigenvalue weighted by atomic mass is 16.4. The molecule has 4 heteroatoms. The van der Waals surface area contributed by atoms with Gasteiger partial charge in [0, 0.05) is 13.0 Å². The number of carbonyl (C=O) groups is 2. The van der Waals surface area contributed by atoms with Crippen LogP contribution >= 0.6 is 0 Å². The van der Waals surface area contributed by atoms with Crippen LogP contribution in [0.3, 0.4) is 0 Å². The number of aryl methyl sites for hydroxylation is 1. The molecule has 0 saturated carbocycles. The average Bonchev–Trinajstić information content (AvgIpc) is 2.61. The average molecular weight is 323 g/mol. The van der Waals surface area contributed by atoms with E-state index in [9.17, 15) is 14.7 Å². The fraction of sp³-hybridized carbons (Fsp3) is 0.300. The third-order valence-electron chi connectivity index (χ3n) is 4.54. The van der Waals surface area contributed by atoms with Gasteiger partial charge in [-0.3, -0.25) is 4.79 Å². The van der Waals surface area contributed by atoms with E-state index < -0.39 is 12.0 Å². The molecule has 1 atom stereocenters. The Morgan fingerprint density at radius 1 is 1.04 bits per heavy atom. The van der Waals surface area contributed by atoms with Gasteiger partial charge in [-0.15, -0.1) is 0 Å². The molecule has 1 aliphatic rings. The zero-order chi connectivity index (χ0) is 16.9. The Morgan fingerprint density at radius 2 is 1.75 bits per heavy atom. The monoisotopic (exact) mass is 323 g/mol. The highest BCUT2D eigenvalue weighted by molar-refractivity contribution is 5.85. The first-order valence-electron chi connectivity index (χ1n) is 8.31. The van der Waals surface area contributed by atoms with E-state index in [1.165, 1.54) is 10.5 Å². The van der Waals surface area contributed by atoms with Gasteiger partial charge in [-0.05, 0) is 36.0 Å². The summed E-state index contributed by atoms with van der Waals surface area (Å²) < 4.78 is 0. The Labute approximate surface area is 141 Å². The molecule has 0 spiro atoms. The number of carbonyl (C=O) groups excluding carboxylic acids is 1. The molecule has 0 aliphatic carbocycles. The minimum Gasteiger partial charge on any atom is -0.479 e. The first kappa shape index (κ1) is 16.2. The molecule has 3 rings (SSSR count). The predicted molar refractivity (Wildman–Crippen MR) is 91.6 cm³/mol. The summed E-state index contributed by atoms with van der Waals surface area (Å²) in [5.74, 6) is -1.04. The van der Waals surface area contributed by atoms with Crippen LogP contribution in [0.25, 0.3) is 0 Å². The molecule has 1 N–H and O–H groups in total. The summed E-state index contributed by atoms with van der Waals surface area (Å²) >= 11 is 0. The zero-order valence-electron chi connectivity index (χ0n) is 13.5. The number of aliphatic carboxylic acids is 1. The van der Waals surface area contributed by atoms with Gasteiger partial charge in [0.15, 0.2) is 6.04 Å². The number of rotatable bonds is 5. The summed E-state index contributed by atoms with van der Waals surface area (Å²) in [7, 11) is 0. The summed E-state index contributed by atoms with van der Waals surface area (Å²) in [6, 6.07) is 16.7. The van der Waals surface area contributed by atoms with E-state index in [4.69, 9.17) is 0 Å². The fourth-order valence-corrected chi connectivity index (χ4v) is 3.33. The van der Waals surface area contributed by atoms with Crippen molar-refractivity contribution in [1.29, 1.82) is 0 Å². The lowest BCUT2D eigenvalue weighted by Gasteiger charge is -2.34. The van der Waals surface area contributed by atoms with E-state index in [-0.39, 0.29) is 5.91 Å². The zero-order valence-corrected chi connectivity index (χ0v) is 13.5. The van der Waals surface area contributed by atoms with Gasteiger partial charge in [-0.25, -0.2) is 4.79 Å². The smallest absolute Gasteiger partial charge is 0.331 e. The van der Waals surface area contributed by atoms with Crippen LogP contribution in [0.15, 0.2) is 54.6 Å². The van der Waals surface area contributed by atoms with Crippen molar-refractivity contribution in [1.82, 2.24) is 4.90 Å². The topological polar surface area (TPSA) is 57.6 Å². The number of hydrogen-bond donors (Lipinski definition) is 1. The quantitative estimate of drug-likeness (QED) is 0.919. The van der Waals surface area contributed by atoms with E-state index >= 15 is 0 Å². The largest absolute Gasteiger partial charge is 0.479 e. The second kappa shape index (κ2) is 7.30. The van der Waals surface area contributed by atoms with Gasteiger partial charge >= 0.3 is 5.97 Å². The lowest BCUT2D eigenvalue weighted by Crippen LogP contribution is -2.43. The van der Waals surface area contributed by atoms with Gasteiger partial charge in [0.2, 0.25) is 5.91 Å². The van der Waals surface area contributed by atoms with Crippen molar-refractivity contribution in [2.45, 2.75) is 31.7 Å². The Hall–Kier alpha value is -2.62. The minimum absolute atomic E-state index is 0.0761. The molecule has 0 saturated heterocycles. The van der Waals surface area contributed by atoms with Crippen molar-refractivity contribution in [2.24, 2.45) is 0 Å². The first-order valence-corrected chi connectivity index (χ1v) is 8.31. The van der Waals surface area contributed by atoms with Crippen molar-refractivity contribution in [3.63, 3.8) is 0 Å². The molecule has 0 aromatic heterocycles. The van der Waals surface area contributed by atoms with Gasteiger partial charge in [0.1, 0.15) is 0 Å². The second-order valence-corrected chi connectivity index (χ2v) is 6.12. The molecule has 1 aliphatic heterocycles. The van der Waals surface area contributed by atoms with Crippen molar-refractivity contribution >= 4 is 11.9 Å². The fourth-order valence-electron chi connectivity index (χ4n) is 3.33. The van der Waals surface area contributed by atoms with Crippen LogP contribution in [0.2, 0.25) is 0 Å². The molecule has 1 unspecified atom stereocenters. The number of hydrogen-bond acceptors (Lipinski definition) is 2. The highest BCUT2D eigenvalue weighted by Crippen LogP contribution is 2.30. The summed E-state index contributed by atoms with van der Waals surface area (Å²) in [6.45, 7) is 0.470. The van der Waals surface area contributed by atoms with Crippen LogP contribution in [-0.2, 0) is 22.4 Å². The molecule has 24 heavy (non-hydrogen) atoms. The van der Waals surface area contributed by atoms with Crippen LogP contribution < -0.4 is 0 Å². The maximum Gasteiger partial charge on any atom is 0.331 e. The van der Waals surface area contributed by atoms with E-state index in [2.05, 4.69) is 0 Å². The number of nitrogens with zero attached hydrogens (tertiary/aromatic N) is 1. The molecule has 0 fully saturated rings. The SMILES string of the molecule is O=C(O)C1c2ccccc2CCN1C(=O)CCCc1ccccc1. The number of benzene rings is 2. The molecule has 1 heterocycles. The van der Waals surface area contributed by atoms with E-state index in [0.29, 0.717) is 19.4 Å². The van der Waals surface area contributed by atoms with Crippen molar-refractivity contribution in [3.8, 4) is 0 Å². The third kappa shape index (κ3) is 3.48. The molecule has 2 aromatic carbocycles. The summed E-state index contributed by atoms with van der Waals surface area (Å²) in [5.41, 5.74) is 2.97. The summed E-state index contributed by atoms with van der Waals surface area (Å²) in [6.07, 6.45) is 2.65. The number of amides is 1. The number of fused-ring (bicyclic) bond motifs is 1. The summed E-state index contributed by atoms with van der Waals surface area (Å²) in [5, 5.41) is 9.61. The van der Waals surface area contributed by atoms with Crippen molar-refractivity contribution in [3.05, 3.63) is 71.3 Å². The van der Waals surface area contributed by atoms with Gasteiger partial charge < -0.3 is 10.0 Å². The Morgan fingerprint density at radius 3 is 2.50 bits per heavy atom. The van der Waals surface area contributed by atoms with Crippen LogP contribution in [0, 0.1) is 0 Å². The molecular weight excluding hydrogens is 302 g/mol. The standard InChI is InChI=1S/C20H21NO3/c22-18(12-6-9-15-7-2-1-3-8-15)21-14-13-16-10-4-5-11-17(16)19(21)20(23)24/h1-5,7-8,10-11,19H,6,9,12-14H2,(H,23,24). The molecule has 1 amide bonds. The lowest BCUT2D eigenvalue weighted by atomic mass is 9.92. The van der Waals surface area contributed by atoms with E-state index in [0.717, 1.165) is 24.0 Å².